The highest BCUT2D eigenvalue weighted by molar-refractivity contribution is 4.94. The van der Waals surface area contributed by atoms with Crippen LogP contribution >= 0.6 is 0 Å². The summed E-state index contributed by atoms with van der Waals surface area (Å²) in [6.45, 7) is 2.53. The normalized spacial score (nSPS) is 12.1. The maximum atomic E-state index is 10.3. The quantitative estimate of drug-likeness (QED) is 0.407. The van der Waals surface area contributed by atoms with Gasteiger partial charge in [0.15, 0.2) is 13.3 Å². The minimum absolute atomic E-state index is 0.126. The van der Waals surface area contributed by atoms with Gasteiger partial charge in [-0.25, -0.2) is 9.13 Å². The van der Waals surface area contributed by atoms with Crippen molar-refractivity contribution in [2.75, 3.05) is 0 Å². The molecule has 0 spiro atoms. The van der Waals surface area contributed by atoms with Crippen molar-refractivity contribution < 1.29 is 9.30 Å². The van der Waals surface area contributed by atoms with E-state index in [1.54, 1.807) is 0 Å². The zero-order chi connectivity index (χ0) is 12.7. The van der Waals surface area contributed by atoms with Crippen LogP contribution in [0.1, 0.15) is 25.6 Å². The Bertz CT molecular complexity index is 406. The van der Waals surface area contributed by atoms with E-state index in [-0.39, 0.29) is 12.6 Å². The summed E-state index contributed by atoms with van der Waals surface area (Å²) in [5.74, 6) is 3.40. The Balaban J connectivity index is 2.62. The van der Waals surface area contributed by atoms with Gasteiger partial charge in [-0.1, -0.05) is 24.4 Å². The summed E-state index contributed by atoms with van der Waals surface area (Å²) in [6.07, 6.45) is 10.7. The van der Waals surface area contributed by atoms with E-state index in [9.17, 15) is 4.91 Å². The molecule has 0 aliphatic carbocycles. The molecule has 0 aliphatic rings. The molecule has 1 atom stereocenters. The van der Waals surface area contributed by atoms with Crippen molar-refractivity contribution in [3.05, 3.63) is 23.1 Å². The van der Waals surface area contributed by atoms with E-state index >= 15 is 0 Å². The molecule has 0 aliphatic heterocycles. The standard InChI is InChI=1S/C12H18N3O2/c1-4-6-11(5-2)17-10-15-8-7-14(3)12(15)9-13-16/h2,7-8,11H,4,6,9-10H2,1,3H3/q+1. The molecule has 0 saturated heterocycles. The lowest BCUT2D eigenvalue weighted by Gasteiger charge is -2.09. The van der Waals surface area contributed by atoms with Crippen molar-refractivity contribution in [3.63, 3.8) is 0 Å². The lowest BCUT2D eigenvalue weighted by molar-refractivity contribution is -0.679. The molecule has 5 heteroatoms. The van der Waals surface area contributed by atoms with Crippen LogP contribution in [0.3, 0.4) is 0 Å². The Labute approximate surface area is 101 Å². The monoisotopic (exact) mass is 236 g/mol. The number of aryl methyl sites for hydroxylation is 1. The van der Waals surface area contributed by atoms with Crippen molar-refractivity contribution in [2.45, 2.75) is 39.1 Å². The maximum absolute atomic E-state index is 10.3. The molecule has 0 amide bonds. The van der Waals surface area contributed by atoms with Gasteiger partial charge in [0, 0.05) is 0 Å². The predicted octanol–water partition coefficient (Wildman–Crippen LogP) is 1.35. The Morgan fingerprint density at radius 3 is 3.06 bits per heavy atom. The molecule has 0 N–H and O–H groups in total. The average Bonchev–Trinajstić information content (AvgIpc) is 2.67. The zero-order valence-corrected chi connectivity index (χ0v) is 10.3. The molecule has 0 bridgehead atoms. The van der Waals surface area contributed by atoms with Gasteiger partial charge in [0.25, 0.3) is 5.82 Å². The van der Waals surface area contributed by atoms with Crippen LogP contribution in [0.4, 0.5) is 0 Å². The van der Waals surface area contributed by atoms with Gasteiger partial charge in [0.1, 0.15) is 18.5 Å². The van der Waals surface area contributed by atoms with Gasteiger partial charge in [-0.3, -0.25) is 0 Å². The topological polar surface area (TPSA) is 47.5 Å². The van der Waals surface area contributed by atoms with E-state index in [1.807, 2.05) is 28.6 Å². The number of aromatic nitrogens is 2. The third-order valence-corrected chi connectivity index (χ3v) is 2.57. The molecular formula is C12H18N3O2+. The minimum Gasteiger partial charge on any atom is -0.326 e. The summed E-state index contributed by atoms with van der Waals surface area (Å²) in [5, 5.41) is 2.90. The van der Waals surface area contributed by atoms with Gasteiger partial charge < -0.3 is 4.74 Å². The first-order valence-corrected chi connectivity index (χ1v) is 5.63. The number of terminal acetylenes is 1. The molecule has 0 saturated carbocycles. The molecule has 92 valence electrons. The summed E-state index contributed by atoms with van der Waals surface area (Å²) < 4.78 is 9.27. The minimum atomic E-state index is -0.176. The first-order chi connectivity index (χ1) is 8.22. The molecule has 5 nitrogen and oxygen atoms in total. The Kier molecular flexibility index (Phi) is 5.37. The fourth-order valence-electron chi connectivity index (χ4n) is 1.58. The van der Waals surface area contributed by atoms with Crippen LogP contribution in [-0.4, -0.2) is 10.7 Å². The second-order valence-corrected chi connectivity index (χ2v) is 3.82. The van der Waals surface area contributed by atoms with E-state index in [4.69, 9.17) is 11.2 Å². The first-order valence-electron chi connectivity index (χ1n) is 5.63. The lowest BCUT2D eigenvalue weighted by Crippen LogP contribution is -2.32. The molecule has 0 aromatic carbocycles. The number of hydrogen-bond donors (Lipinski definition) is 0. The molecule has 1 rings (SSSR count). The van der Waals surface area contributed by atoms with Gasteiger partial charge in [0.2, 0.25) is 0 Å². The van der Waals surface area contributed by atoms with Crippen LogP contribution in [0, 0.1) is 17.3 Å². The number of hydrogen-bond acceptors (Lipinski definition) is 3. The van der Waals surface area contributed by atoms with Crippen molar-refractivity contribution in [3.8, 4) is 12.3 Å². The summed E-state index contributed by atoms with van der Waals surface area (Å²) in [5.41, 5.74) is 0. The van der Waals surface area contributed by atoms with E-state index in [1.165, 1.54) is 0 Å². The zero-order valence-electron chi connectivity index (χ0n) is 10.3. The molecule has 1 aromatic rings. The Morgan fingerprint density at radius 1 is 1.71 bits per heavy atom. The number of imidazole rings is 1. The van der Waals surface area contributed by atoms with Gasteiger partial charge in [0.05, 0.1) is 7.05 Å². The molecule has 0 fully saturated rings. The van der Waals surface area contributed by atoms with E-state index < -0.39 is 0 Å². The number of nitrogens with zero attached hydrogens (tertiary/aromatic N) is 3. The summed E-state index contributed by atoms with van der Waals surface area (Å²) >= 11 is 0. The van der Waals surface area contributed by atoms with E-state index in [0.717, 1.165) is 18.7 Å². The molecule has 17 heavy (non-hydrogen) atoms. The van der Waals surface area contributed by atoms with Crippen LogP contribution in [0.2, 0.25) is 0 Å². The average molecular weight is 236 g/mol. The van der Waals surface area contributed by atoms with Crippen LogP contribution in [-0.2, 0) is 25.1 Å². The second kappa shape index (κ2) is 6.81. The first kappa shape index (κ1) is 13.4. The smallest absolute Gasteiger partial charge is 0.283 e. The van der Waals surface area contributed by atoms with E-state index in [0.29, 0.717) is 6.73 Å². The highest BCUT2D eigenvalue weighted by Crippen LogP contribution is 2.04. The number of nitroso groups, excluding NO2 is 1. The van der Waals surface area contributed by atoms with Gasteiger partial charge in [-0.05, 0) is 6.42 Å². The van der Waals surface area contributed by atoms with Crippen molar-refractivity contribution in [1.29, 1.82) is 0 Å². The lowest BCUT2D eigenvalue weighted by atomic mass is 10.2. The van der Waals surface area contributed by atoms with Crippen molar-refractivity contribution >= 4 is 0 Å². The van der Waals surface area contributed by atoms with Crippen molar-refractivity contribution in [1.82, 2.24) is 4.57 Å². The molecule has 1 unspecified atom stereocenters. The third-order valence-electron chi connectivity index (χ3n) is 2.57. The highest BCUT2D eigenvalue weighted by atomic mass is 16.5. The largest absolute Gasteiger partial charge is 0.326 e. The fourth-order valence-corrected chi connectivity index (χ4v) is 1.58. The predicted molar refractivity (Wildman–Crippen MR) is 63.7 cm³/mol. The van der Waals surface area contributed by atoms with Crippen LogP contribution in [0.15, 0.2) is 17.6 Å². The van der Waals surface area contributed by atoms with Crippen molar-refractivity contribution in [2.24, 2.45) is 12.2 Å². The van der Waals surface area contributed by atoms with Crippen LogP contribution in [0.25, 0.3) is 0 Å². The molecule has 1 heterocycles. The van der Waals surface area contributed by atoms with Crippen LogP contribution in [0.5, 0.6) is 0 Å². The van der Waals surface area contributed by atoms with Gasteiger partial charge >= 0.3 is 0 Å². The molecular weight excluding hydrogens is 218 g/mol. The Hall–Kier alpha value is -1.67. The number of rotatable bonds is 7. The van der Waals surface area contributed by atoms with Crippen LogP contribution < -0.4 is 4.57 Å². The van der Waals surface area contributed by atoms with Gasteiger partial charge in [-0.15, -0.1) is 6.42 Å². The Morgan fingerprint density at radius 2 is 2.47 bits per heavy atom. The number of ether oxygens (including phenoxy) is 1. The summed E-state index contributed by atoms with van der Waals surface area (Å²) in [7, 11) is 1.86. The van der Waals surface area contributed by atoms with E-state index in [2.05, 4.69) is 18.0 Å². The molecule has 1 aromatic heterocycles. The maximum Gasteiger partial charge on any atom is 0.283 e. The second-order valence-electron chi connectivity index (χ2n) is 3.82. The fraction of sp³-hybridized carbons (Fsp3) is 0.583. The SMILES string of the molecule is C#CC(CCC)OCn1cc[n+](C)c1CN=O. The third kappa shape index (κ3) is 3.68. The highest BCUT2D eigenvalue weighted by Gasteiger charge is 2.15. The molecule has 0 radical (unpaired) electrons. The summed E-state index contributed by atoms with van der Waals surface area (Å²) in [4.78, 5) is 10.3. The van der Waals surface area contributed by atoms with Gasteiger partial charge in [-0.2, -0.15) is 4.91 Å². The summed E-state index contributed by atoms with van der Waals surface area (Å²) in [6, 6.07) is 0.